The van der Waals surface area contributed by atoms with Crippen LogP contribution in [0.5, 0.6) is 11.5 Å². The highest BCUT2D eigenvalue weighted by Crippen LogP contribution is 2.27. The van der Waals surface area contributed by atoms with E-state index in [1.54, 1.807) is 28.1 Å². The van der Waals surface area contributed by atoms with Crippen molar-refractivity contribution in [3.8, 4) is 11.5 Å². The standard InChI is InChI=1S/C17H23N5O4S/c1-10(2)26-15(23)9-27-17-18-16(21-22-17)20-19-11(3)12-6-7-13(24-4)14(8-12)25-5/h6-8,10H,9H2,1-5H3,(H2,18,20,21,22)/b19-11-. The Hall–Kier alpha value is -2.75. The highest BCUT2D eigenvalue weighted by molar-refractivity contribution is 7.99. The largest absolute Gasteiger partial charge is 0.493 e. The predicted octanol–water partition coefficient (Wildman–Crippen LogP) is 2.70. The summed E-state index contributed by atoms with van der Waals surface area (Å²) >= 11 is 1.18. The number of esters is 1. The Bertz CT molecular complexity index is 806. The number of aromatic amines is 1. The van der Waals surface area contributed by atoms with Crippen LogP contribution in [0.4, 0.5) is 5.95 Å². The van der Waals surface area contributed by atoms with Crippen LogP contribution in [-0.4, -0.2) is 52.9 Å². The van der Waals surface area contributed by atoms with Crippen LogP contribution in [0.25, 0.3) is 0 Å². The molecule has 2 aromatic rings. The molecule has 1 aromatic heterocycles. The van der Waals surface area contributed by atoms with Crippen molar-refractivity contribution in [2.24, 2.45) is 5.10 Å². The van der Waals surface area contributed by atoms with Crippen molar-refractivity contribution < 1.29 is 19.0 Å². The van der Waals surface area contributed by atoms with Crippen LogP contribution in [0.3, 0.4) is 0 Å². The molecule has 9 nitrogen and oxygen atoms in total. The topological polar surface area (TPSA) is 111 Å². The average molecular weight is 393 g/mol. The highest BCUT2D eigenvalue weighted by Gasteiger charge is 2.10. The third kappa shape index (κ3) is 6.17. The van der Waals surface area contributed by atoms with Gasteiger partial charge in [0.15, 0.2) is 11.5 Å². The quantitative estimate of drug-likeness (QED) is 0.290. The lowest BCUT2D eigenvalue weighted by Crippen LogP contribution is -2.13. The van der Waals surface area contributed by atoms with Crippen molar-refractivity contribution in [2.45, 2.75) is 32.0 Å². The van der Waals surface area contributed by atoms with Crippen molar-refractivity contribution in [3.63, 3.8) is 0 Å². The van der Waals surface area contributed by atoms with E-state index in [1.165, 1.54) is 11.8 Å². The molecule has 10 heteroatoms. The van der Waals surface area contributed by atoms with Crippen molar-refractivity contribution in [1.29, 1.82) is 0 Å². The summed E-state index contributed by atoms with van der Waals surface area (Å²) in [5, 5.41) is 11.4. The fourth-order valence-electron chi connectivity index (χ4n) is 2.04. The van der Waals surface area contributed by atoms with Gasteiger partial charge >= 0.3 is 5.97 Å². The first-order chi connectivity index (χ1) is 12.9. The minimum Gasteiger partial charge on any atom is -0.493 e. The number of hydrogen-bond acceptors (Lipinski definition) is 9. The second kappa shape index (κ2) is 9.81. The molecule has 0 radical (unpaired) electrons. The third-order valence-corrected chi connectivity index (χ3v) is 4.10. The highest BCUT2D eigenvalue weighted by atomic mass is 32.2. The molecule has 2 rings (SSSR count). The number of hydrogen-bond donors (Lipinski definition) is 2. The Morgan fingerprint density at radius 2 is 2.04 bits per heavy atom. The molecule has 0 bridgehead atoms. The summed E-state index contributed by atoms with van der Waals surface area (Å²) in [6, 6.07) is 5.53. The van der Waals surface area contributed by atoms with Gasteiger partial charge in [0.2, 0.25) is 11.1 Å². The van der Waals surface area contributed by atoms with E-state index in [2.05, 4.69) is 25.7 Å². The fraction of sp³-hybridized carbons (Fsp3) is 0.412. The molecule has 1 aromatic carbocycles. The van der Waals surface area contributed by atoms with Crippen LogP contribution < -0.4 is 14.9 Å². The van der Waals surface area contributed by atoms with E-state index < -0.39 is 0 Å². The van der Waals surface area contributed by atoms with Gasteiger partial charge in [-0.25, -0.2) is 10.5 Å². The van der Waals surface area contributed by atoms with E-state index in [9.17, 15) is 4.79 Å². The van der Waals surface area contributed by atoms with Gasteiger partial charge in [0.1, 0.15) is 0 Å². The molecule has 0 aliphatic heterocycles. The second-order valence-electron chi connectivity index (χ2n) is 5.67. The zero-order valence-electron chi connectivity index (χ0n) is 15.9. The Kier molecular flexibility index (Phi) is 7.47. The molecule has 0 amide bonds. The smallest absolute Gasteiger partial charge is 0.316 e. The van der Waals surface area contributed by atoms with E-state index in [0.29, 0.717) is 22.6 Å². The molecule has 1 heterocycles. The lowest BCUT2D eigenvalue weighted by molar-refractivity contribution is -0.144. The number of nitrogens with zero attached hydrogens (tertiary/aromatic N) is 3. The summed E-state index contributed by atoms with van der Waals surface area (Å²) in [5.41, 5.74) is 4.40. The van der Waals surface area contributed by atoms with Crippen LogP contribution in [-0.2, 0) is 9.53 Å². The monoisotopic (exact) mass is 393 g/mol. The maximum atomic E-state index is 11.5. The van der Waals surface area contributed by atoms with E-state index in [1.807, 2.05) is 25.1 Å². The molecule has 0 atom stereocenters. The van der Waals surface area contributed by atoms with Gasteiger partial charge in [-0.1, -0.05) is 11.8 Å². The van der Waals surface area contributed by atoms with Gasteiger partial charge < -0.3 is 14.2 Å². The summed E-state index contributed by atoms with van der Waals surface area (Å²) in [4.78, 5) is 15.8. The number of benzene rings is 1. The Balaban J connectivity index is 1.95. The number of carbonyl (C=O) groups excluding carboxylic acids is 1. The third-order valence-electron chi connectivity index (χ3n) is 3.28. The number of anilines is 1. The van der Waals surface area contributed by atoms with Gasteiger partial charge in [0.05, 0.1) is 31.8 Å². The molecule has 0 spiro atoms. The lowest BCUT2D eigenvalue weighted by atomic mass is 10.1. The number of H-pyrrole nitrogens is 1. The van der Waals surface area contributed by atoms with E-state index in [4.69, 9.17) is 14.2 Å². The van der Waals surface area contributed by atoms with Crippen LogP contribution >= 0.6 is 11.8 Å². The normalized spacial score (nSPS) is 11.4. The Labute approximate surface area is 161 Å². The summed E-state index contributed by atoms with van der Waals surface area (Å²) in [6.07, 6.45) is -0.142. The summed E-state index contributed by atoms with van der Waals surface area (Å²) in [6.45, 7) is 5.45. The van der Waals surface area contributed by atoms with E-state index in [-0.39, 0.29) is 17.8 Å². The molecule has 0 aliphatic rings. The van der Waals surface area contributed by atoms with Crippen LogP contribution in [0.1, 0.15) is 26.3 Å². The van der Waals surface area contributed by atoms with Gasteiger partial charge in [0, 0.05) is 5.56 Å². The predicted molar refractivity (Wildman–Crippen MR) is 104 cm³/mol. The van der Waals surface area contributed by atoms with Crippen LogP contribution in [0.15, 0.2) is 28.5 Å². The van der Waals surface area contributed by atoms with Gasteiger partial charge in [0.25, 0.3) is 0 Å². The first kappa shape index (κ1) is 20.6. The summed E-state index contributed by atoms with van der Waals surface area (Å²) < 4.78 is 15.6. The Morgan fingerprint density at radius 3 is 2.70 bits per heavy atom. The van der Waals surface area contributed by atoms with Crippen LogP contribution in [0.2, 0.25) is 0 Å². The van der Waals surface area contributed by atoms with Gasteiger partial charge in [-0.2, -0.15) is 10.1 Å². The summed E-state index contributed by atoms with van der Waals surface area (Å²) in [5.74, 6) is 1.47. The molecule has 0 saturated heterocycles. The first-order valence-corrected chi connectivity index (χ1v) is 9.19. The average Bonchev–Trinajstić information content (AvgIpc) is 3.11. The zero-order chi connectivity index (χ0) is 19.8. The van der Waals surface area contributed by atoms with Gasteiger partial charge in [-0.15, -0.1) is 5.10 Å². The molecule has 27 heavy (non-hydrogen) atoms. The molecule has 0 aliphatic carbocycles. The van der Waals surface area contributed by atoms with Gasteiger partial charge in [-0.3, -0.25) is 4.79 Å². The molecule has 146 valence electrons. The first-order valence-electron chi connectivity index (χ1n) is 8.20. The summed E-state index contributed by atoms with van der Waals surface area (Å²) in [7, 11) is 3.17. The van der Waals surface area contributed by atoms with Crippen LogP contribution in [0, 0.1) is 0 Å². The Morgan fingerprint density at radius 1 is 1.30 bits per heavy atom. The molecule has 0 fully saturated rings. The van der Waals surface area contributed by atoms with E-state index in [0.717, 1.165) is 11.3 Å². The van der Waals surface area contributed by atoms with Crippen molar-refractivity contribution >= 4 is 29.4 Å². The molecule has 2 N–H and O–H groups in total. The maximum Gasteiger partial charge on any atom is 0.316 e. The van der Waals surface area contributed by atoms with E-state index >= 15 is 0 Å². The number of thioether (sulfide) groups is 1. The number of aromatic nitrogens is 3. The maximum absolute atomic E-state index is 11.5. The SMILES string of the molecule is COc1ccc(/C(C)=N\Nc2nc(SCC(=O)OC(C)C)n[nH]2)cc1OC. The van der Waals surface area contributed by atoms with Gasteiger partial charge in [-0.05, 0) is 39.0 Å². The minimum absolute atomic E-state index is 0.142. The zero-order valence-corrected chi connectivity index (χ0v) is 16.7. The molecule has 0 unspecified atom stereocenters. The van der Waals surface area contributed by atoms with Crippen molar-refractivity contribution in [1.82, 2.24) is 15.2 Å². The molecule has 0 saturated carbocycles. The number of carbonyl (C=O) groups is 1. The fourth-order valence-corrected chi connectivity index (χ4v) is 2.63. The van der Waals surface area contributed by atoms with Crippen molar-refractivity contribution in [3.05, 3.63) is 23.8 Å². The number of nitrogens with one attached hydrogen (secondary N) is 2. The minimum atomic E-state index is -0.309. The number of rotatable bonds is 9. The lowest BCUT2D eigenvalue weighted by Gasteiger charge is -2.09. The molecular formula is C17H23N5O4S. The van der Waals surface area contributed by atoms with Crippen molar-refractivity contribution in [2.75, 3.05) is 25.4 Å². The number of methoxy groups -OCH3 is 2. The number of ether oxygens (including phenoxy) is 3. The molecular weight excluding hydrogens is 370 g/mol. The number of hydrazone groups is 1. The second-order valence-corrected chi connectivity index (χ2v) is 6.62.